The van der Waals surface area contributed by atoms with Crippen LogP contribution in [-0.4, -0.2) is 51.6 Å². The number of nitrogens with one attached hydrogen (secondary N) is 2. The van der Waals surface area contributed by atoms with Crippen LogP contribution in [0.3, 0.4) is 0 Å². The van der Waals surface area contributed by atoms with Crippen LogP contribution < -0.4 is 30.9 Å². The maximum absolute atomic E-state index is 13.2. The van der Waals surface area contributed by atoms with Gasteiger partial charge in [-0.05, 0) is 42.0 Å². The van der Waals surface area contributed by atoms with Gasteiger partial charge in [0.25, 0.3) is 10.0 Å². The van der Waals surface area contributed by atoms with E-state index in [9.17, 15) is 16.8 Å². The Morgan fingerprint density at radius 2 is 1.44 bits per heavy atom. The highest BCUT2D eigenvalue weighted by atomic mass is 32.2. The molecule has 10 nitrogen and oxygen atoms in total. The Morgan fingerprint density at radius 1 is 0.780 bits per heavy atom. The zero-order valence-electron chi connectivity index (χ0n) is 23.8. The van der Waals surface area contributed by atoms with Crippen molar-refractivity contribution in [2.45, 2.75) is 35.1 Å². The third kappa shape index (κ3) is 6.32. The van der Waals surface area contributed by atoms with Crippen LogP contribution in [0, 0.1) is 0 Å². The molecule has 12 heteroatoms. The lowest BCUT2D eigenvalue weighted by molar-refractivity contribution is 0.560. The first-order chi connectivity index (χ1) is 19.4. The monoisotopic (exact) mass is 598 g/mol. The second-order valence-electron chi connectivity index (χ2n) is 10.4. The largest absolute Gasteiger partial charge is 0.377 e. The number of anilines is 2. The van der Waals surface area contributed by atoms with Gasteiger partial charge in [-0.15, -0.1) is 4.83 Å². The number of sulfonamides is 2. The number of rotatable bonds is 12. The van der Waals surface area contributed by atoms with Gasteiger partial charge in [0.05, 0.1) is 10.6 Å². The lowest BCUT2D eigenvalue weighted by atomic mass is 9.96. The molecule has 4 aromatic rings. The fraction of sp³-hybridized carbons (Fsp3) is 0.310. The smallest absolute Gasteiger partial charge is 0.255 e. The standard InChI is InChI=1S/C29H38N6O4S2/c1-34(2)26-16-9-14-23-22(26)13-10-17-27(23)40(36,37)32-18-8-7-15-25(30)24-19-20-11-5-6-12-21(20)29(28(24)35(3)4)41(38,39)33-31/h5-6,9-14,16-17,19,25,32-33H,7-8,15,18,30-31H2,1-4H3. The topological polar surface area (TPSA) is 151 Å². The molecule has 0 amide bonds. The van der Waals surface area contributed by atoms with Crippen LogP contribution in [0.2, 0.25) is 0 Å². The SMILES string of the molecule is CN(C)c1c(C(N)CCCCNS(=O)(=O)c2cccc3c(N(C)C)cccc23)cc2ccccc2c1S(=O)(=O)NN. The van der Waals surface area contributed by atoms with Crippen LogP contribution in [0.5, 0.6) is 0 Å². The molecule has 0 saturated heterocycles. The second-order valence-corrected chi connectivity index (χ2v) is 13.8. The van der Waals surface area contributed by atoms with E-state index in [-0.39, 0.29) is 16.3 Å². The number of nitrogens with zero attached hydrogens (tertiary/aromatic N) is 2. The lowest BCUT2D eigenvalue weighted by Crippen LogP contribution is -2.32. The summed E-state index contributed by atoms with van der Waals surface area (Å²) in [4.78, 5) is 5.96. The molecule has 0 aliphatic heterocycles. The number of hydrogen-bond donors (Lipinski definition) is 4. The number of benzene rings is 4. The van der Waals surface area contributed by atoms with Crippen molar-refractivity contribution >= 4 is 53.0 Å². The fourth-order valence-electron chi connectivity index (χ4n) is 5.22. The van der Waals surface area contributed by atoms with Crippen LogP contribution in [0.1, 0.15) is 30.9 Å². The van der Waals surface area contributed by atoms with Gasteiger partial charge in [0.1, 0.15) is 4.90 Å². The normalized spacial score (nSPS) is 13.0. The van der Waals surface area contributed by atoms with Gasteiger partial charge in [0.15, 0.2) is 0 Å². The Labute approximate surface area is 242 Å². The molecule has 0 aliphatic rings. The van der Waals surface area contributed by atoms with Crippen molar-refractivity contribution in [2.75, 3.05) is 44.5 Å². The summed E-state index contributed by atoms with van der Waals surface area (Å²) in [6, 6.07) is 19.5. The molecular formula is C29H38N6O4S2. The summed E-state index contributed by atoms with van der Waals surface area (Å²) in [6.07, 6.45) is 1.71. The van der Waals surface area contributed by atoms with Crippen molar-refractivity contribution in [1.29, 1.82) is 0 Å². The molecule has 1 atom stereocenters. The molecule has 6 N–H and O–H groups in total. The summed E-state index contributed by atoms with van der Waals surface area (Å²) >= 11 is 0. The van der Waals surface area contributed by atoms with E-state index < -0.39 is 26.1 Å². The molecule has 1 unspecified atom stereocenters. The predicted molar refractivity (Wildman–Crippen MR) is 167 cm³/mol. The molecule has 0 aliphatic carbocycles. The van der Waals surface area contributed by atoms with Crippen LogP contribution >= 0.6 is 0 Å². The van der Waals surface area contributed by atoms with Crippen LogP contribution in [0.15, 0.2) is 76.5 Å². The van der Waals surface area contributed by atoms with Gasteiger partial charge in [0, 0.05) is 62.6 Å². The Hall–Kier alpha value is -3.26. The van der Waals surface area contributed by atoms with Crippen LogP contribution in [0.25, 0.3) is 21.5 Å². The molecule has 0 fully saturated rings. The van der Waals surface area contributed by atoms with E-state index in [2.05, 4.69) is 4.72 Å². The number of nitrogens with two attached hydrogens (primary N) is 2. The molecular weight excluding hydrogens is 560 g/mol. The van der Waals surface area contributed by atoms with E-state index in [1.165, 1.54) is 0 Å². The number of fused-ring (bicyclic) bond motifs is 2. The molecule has 4 rings (SSSR count). The molecule has 0 radical (unpaired) electrons. The van der Waals surface area contributed by atoms with E-state index in [1.807, 2.05) is 66.3 Å². The summed E-state index contributed by atoms with van der Waals surface area (Å²) < 4.78 is 55.1. The minimum absolute atomic E-state index is 0.0776. The van der Waals surface area contributed by atoms with Crippen molar-refractivity contribution in [3.05, 3.63) is 72.3 Å². The Bertz CT molecular complexity index is 1770. The number of hydrazine groups is 1. The average Bonchev–Trinajstić information content (AvgIpc) is 2.94. The van der Waals surface area contributed by atoms with E-state index in [1.54, 1.807) is 43.3 Å². The van der Waals surface area contributed by atoms with E-state index in [0.29, 0.717) is 41.3 Å². The summed E-state index contributed by atoms with van der Waals surface area (Å²) in [6.45, 7) is 0.244. The molecule has 0 saturated carbocycles. The first-order valence-corrected chi connectivity index (χ1v) is 16.3. The highest BCUT2D eigenvalue weighted by Crippen LogP contribution is 2.39. The van der Waals surface area contributed by atoms with Crippen LogP contribution in [-0.2, 0) is 20.0 Å². The Kier molecular flexibility index (Phi) is 9.22. The first-order valence-electron chi connectivity index (χ1n) is 13.3. The number of unbranched alkanes of at least 4 members (excludes halogenated alkanes) is 1. The third-order valence-corrected chi connectivity index (χ3v) is 9.92. The quantitative estimate of drug-likeness (QED) is 0.110. The van der Waals surface area contributed by atoms with E-state index >= 15 is 0 Å². The minimum Gasteiger partial charge on any atom is -0.377 e. The summed E-state index contributed by atoms with van der Waals surface area (Å²) in [5.41, 5.74) is 8.72. The average molecular weight is 599 g/mol. The predicted octanol–water partition coefficient (Wildman–Crippen LogP) is 3.43. The Balaban J connectivity index is 1.50. The van der Waals surface area contributed by atoms with Gasteiger partial charge in [0.2, 0.25) is 10.0 Å². The van der Waals surface area contributed by atoms with E-state index in [4.69, 9.17) is 11.6 Å². The molecule has 0 heterocycles. The molecule has 41 heavy (non-hydrogen) atoms. The van der Waals surface area contributed by atoms with Crippen molar-refractivity contribution in [2.24, 2.45) is 11.6 Å². The molecule has 0 bridgehead atoms. The fourth-order valence-corrected chi connectivity index (χ4v) is 7.66. The number of hydrogen-bond acceptors (Lipinski definition) is 8. The van der Waals surface area contributed by atoms with Gasteiger partial charge in [-0.2, -0.15) is 0 Å². The maximum atomic E-state index is 13.2. The minimum atomic E-state index is -4.00. The highest BCUT2D eigenvalue weighted by Gasteiger charge is 2.27. The van der Waals surface area contributed by atoms with Crippen molar-refractivity contribution in [3.63, 3.8) is 0 Å². The van der Waals surface area contributed by atoms with E-state index in [0.717, 1.165) is 16.5 Å². The zero-order valence-corrected chi connectivity index (χ0v) is 25.4. The third-order valence-electron chi connectivity index (χ3n) is 7.14. The lowest BCUT2D eigenvalue weighted by Gasteiger charge is -2.26. The maximum Gasteiger partial charge on any atom is 0.255 e. The van der Waals surface area contributed by atoms with Gasteiger partial charge in [-0.3, -0.25) is 5.84 Å². The summed E-state index contributed by atoms with van der Waals surface area (Å²) in [5, 5.41) is 2.81. The van der Waals surface area contributed by atoms with Gasteiger partial charge < -0.3 is 15.5 Å². The van der Waals surface area contributed by atoms with Crippen molar-refractivity contribution in [1.82, 2.24) is 9.55 Å². The summed E-state index contributed by atoms with van der Waals surface area (Å²) in [5.74, 6) is 5.42. The van der Waals surface area contributed by atoms with Crippen LogP contribution in [0.4, 0.5) is 11.4 Å². The second kappa shape index (κ2) is 12.3. The van der Waals surface area contributed by atoms with Crippen molar-refractivity contribution < 1.29 is 16.8 Å². The van der Waals surface area contributed by atoms with Gasteiger partial charge in [-0.25, -0.2) is 21.6 Å². The molecule has 220 valence electrons. The van der Waals surface area contributed by atoms with Crippen molar-refractivity contribution in [3.8, 4) is 0 Å². The van der Waals surface area contributed by atoms with Gasteiger partial charge in [-0.1, -0.05) is 55.0 Å². The molecule has 4 aromatic carbocycles. The highest BCUT2D eigenvalue weighted by molar-refractivity contribution is 7.90. The molecule has 0 spiro atoms. The Morgan fingerprint density at radius 3 is 2.12 bits per heavy atom. The van der Waals surface area contributed by atoms with Gasteiger partial charge >= 0.3 is 0 Å². The summed E-state index contributed by atoms with van der Waals surface area (Å²) in [7, 11) is -0.368. The first kappa shape index (κ1) is 30.7. The zero-order chi connectivity index (χ0) is 29.9. The molecule has 0 aromatic heterocycles.